The Labute approximate surface area is 159 Å². The number of nitrogens with zero attached hydrogens (tertiary/aromatic N) is 1. The van der Waals surface area contributed by atoms with Gasteiger partial charge in [0.2, 0.25) is 0 Å². The van der Waals surface area contributed by atoms with Crippen LogP contribution in [0.2, 0.25) is 0 Å². The van der Waals surface area contributed by atoms with Crippen molar-refractivity contribution in [1.29, 1.82) is 0 Å². The van der Waals surface area contributed by atoms with Crippen molar-refractivity contribution in [1.82, 2.24) is 9.62 Å². The third-order valence-corrected chi connectivity index (χ3v) is 7.91. The van der Waals surface area contributed by atoms with Crippen LogP contribution < -0.4 is 10.1 Å². The number of sulfonamides is 1. The summed E-state index contributed by atoms with van der Waals surface area (Å²) >= 11 is 1.34. The molecule has 1 aromatic heterocycles. The SMILES string of the molecule is COc1ccccc1C1CNCCN1S(=O)(=O)c1cc(C)c(C)s1.Cl. The van der Waals surface area contributed by atoms with Gasteiger partial charge in [-0.1, -0.05) is 18.2 Å². The highest BCUT2D eigenvalue weighted by molar-refractivity contribution is 7.91. The number of methoxy groups -OCH3 is 1. The molecule has 2 aromatic rings. The summed E-state index contributed by atoms with van der Waals surface area (Å²) in [6.45, 7) is 5.56. The van der Waals surface area contributed by atoms with Crippen molar-refractivity contribution >= 4 is 33.8 Å². The maximum atomic E-state index is 13.2. The zero-order valence-electron chi connectivity index (χ0n) is 14.5. The summed E-state index contributed by atoms with van der Waals surface area (Å²) in [5.74, 6) is 0.713. The first-order chi connectivity index (χ1) is 11.4. The average molecular weight is 403 g/mol. The minimum absolute atomic E-state index is 0. The van der Waals surface area contributed by atoms with Gasteiger partial charge in [-0.15, -0.1) is 23.7 Å². The summed E-state index contributed by atoms with van der Waals surface area (Å²) < 4.78 is 33.9. The number of rotatable bonds is 4. The van der Waals surface area contributed by atoms with E-state index in [0.29, 0.717) is 29.6 Å². The van der Waals surface area contributed by atoms with Crippen molar-refractivity contribution in [3.63, 3.8) is 0 Å². The molecule has 0 saturated carbocycles. The van der Waals surface area contributed by atoms with Crippen LogP contribution in [0.3, 0.4) is 0 Å². The highest BCUT2D eigenvalue weighted by Crippen LogP contribution is 2.36. The van der Waals surface area contributed by atoms with Gasteiger partial charge >= 0.3 is 0 Å². The van der Waals surface area contributed by atoms with E-state index in [1.807, 2.05) is 38.1 Å². The fourth-order valence-corrected chi connectivity index (χ4v) is 6.21. The van der Waals surface area contributed by atoms with Gasteiger partial charge in [0.15, 0.2) is 0 Å². The third kappa shape index (κ3) is 3.85. The molecule has 0 spiro atoms. The van der Waals surface area contributed by atoms with Gasteiger partial charge in [0.05, 0.1) is 13.2 Å². The lowest BCUT2D eigenvalue weighted by Gasteiger charge is -2.35. The van der Waals surface area contributed by atoms with Crippen LogP contribution in [0.15, 0.2) is 34.5 Å². The number of hydrogen-bond acceptors (Lipinski definition) is 5. The Morgan fingerprint density at radius 1 is 1.28 bits per heavy atom. The van der Waals surface area contributed by atoms with Crippen LogP contribution in [0.25, 0.3) is 0 Å². The Hall–Kier alpha value is -1.12. The van der Waals surface area contributed by atoms with Gasteiger partial charge < -0.3 is 10.1 Å². The molecule has 25 heavy (non-hydrogen) atoms. The lowest BCUT2D eigenvalue weighted by atomic mass is 10.0. The largest absolute Gasteiger partial charge is 0.496 e. The molecule has 138 valence electrons. The second-order valence-electron chi connectivity index (χ2n) is 5.88. The molecule has 1 fully saturated rings. The number of piperazine rings is 1. The van der Waals surface area contributed by atoms with Crippen LogP contribution in [-0.4, -0.2) is 39.5 Å². The number of ether oxygens (including phenoxy) is 1. The van der Waals surface area contributed by atoms with Crippen molar-refractivity contribution in [2.24, 2.45) is 0 Å². The van der Waals surface area contributed by atoms with Gasteiger partial charge in [0, 0.05) is 30.1 Å². The molecule has 0 aliphatic carbocycles. The number of benzene rings is 1. The molecule has 1 aliphatic rings. The van der Waals surface area contributed by atoms with E-state index in [9.17, 15) is 8.42 Å². The Kier molecular flexibility index (Phi) is 6.51. The Morgan fingerprint density at radius 2 is 2.00 bits per heavy atom. The summed E-state index contributed by atoms with van der Waals surface area (Å²) in [7, 11) is -1.92. The lowest BCUT2D eigenvalue weighted by molar-refractivity contribution is 0.265. The molecule has 0 amide bonds. The minimum Gasteiger partial charge on any atom is -0.496 e. The first kappa shape index (κ1) is 20.2. The minimum atomic E-state index is -3.53. The molecule has 1 aliphatic heterocycles. The topological polar surface area (TPSA) is 58.6 Å². The van der Waals surface area contributed by atoms with E-state index in [2.05, 4.69) is 5.32 Å². The van der Waals surface area contributed by atoms with Gasteiger partial charge in [-0.25, -0.2) is 8.42 Å². The Balaban J connectivity index is 0.00000225. The van der Waals surface area contributed by atoms with Crippen molar-refractivity contribution in [3.05, 3.63) is 46.3 Å². The number of halogens is 1. The van der Waals surface area contributed by atoms with E-state index < -0.39 is 10.0 Å². The summed E-state index contributed by atoms with van der Waals surface area (Å²) in [6, 6.07) is 9.11. The van der Waals surface area contributed by atoms with Gasteiger partial charge in [-0.2, -0.15) is 4.31 Å². The normalized spacial score (nSPS) is 18.6. The van der Waals surface area contributed by atoms with Crippen LogP contribution in [0.4, 0.5) is 0 Å². The summed E-state index contributed by atoms with van der Waals surface area (Å²) in [4.78, 5) is 1.04. The molecular formula is C17H23ClN2O3S2. The molecule has 5 nitrogen and oxygen atoms in total. The predicted octanol–water partition coefficient (Wildman–Crippen LogP) is 3.13. The molecule has 8 heteroatoms. The van der Waals surface area contributed by atoms with Gasteiger partial charge in [-0.05, 0) is 31.5 Å². The summed E-state index contributed by atoms with van der Waals surface area (Å²) in [6.07, 6.45) is 0. The fraction of sp³-hybridized carbons (Fsp3) is 0.412. The van der Waals surface area contributed by atoms with E-state index in [1.54, 1.807) is 17.5 Å². The van der Waals surface area contributed by atoms with E-state index in [1.165, 1.54) is 11.3 Å². The lowest BCUT2D eigenvalue weighted by Crippen LogP contribution is -2.48. The van der Waals surface area contributed by atoms with Crippen molar-refractivity contribution in [2.75, 3.05) is 26.7 Å². The number of hydrogen-bond donors (Lipinski definition) is 1. The average Bonchev–Trinajstić information content (AvgIpc) is 2.94. The molecule has 0 bridgehead atoms. The maximum absolute atomic E-state index is 13.2. The quantitative estimate of drug-likeness (QED) is 0.853. The molecule has 3 rings (SSSR count). The first-order valence-electron chi connectivity index (χ1n) is 7.87. The fourth-order valence-electron chi connectivity index (χ4n) is 2.96. The summed E-state index contributed by atoms with van der Waals surface area (Å²) in [5, 5.41) is 3.30. The molecule has 1 N–H and O–H groups in total. The van der Waals surface area contributed by atoms with Crippen LogP contribution in [0.1, 0.15) is 22.0 Å². The number of nitrogens with one attached hydrogen (secondary N) is 1. The van der Waals surface area contributed by atoms with Crippen molar-refractivity contribution < 1.29 is 13.2 Å². The highest BCUT2D eigenvalue weighted by atomic mass is 35.5. The van der Waals surface area contributed by atoms with E-state index in [-0.39, 0.29) is 18.4 Å². The van der Waals surface area contributed by atoms with E-state index >= 15 is 0 Å². The Bertz CT molecular complexity index is 817. The van der Waals surface area contributed by atoms with Crippen LogP contribution in [0, 0.1) is 13.8 Å². The van der Waals surface area contributed by atoms with Crippen molar-refractivity contribution in [2.45, 2.75) is 24.1 Å². The highest BCUT2D eigenvalue weighted by Gasteiger charge is 2.36. The molecule has 2 heterocycles. The maximum Gasteiger partial charge on any atom is 0.253 e. The Morgan fingerprint density at radius 3 is 2.64 bits per heavy atom. The number of thiophene rings is 1. The molecule has 1 atom stereocenters. The van der Waals surface area contributed by atoms with Crippen LogP contribution in [-0.2, 0) is 10.0 Å². The number of para-hydroxylation sites is 1. The van der Waals surface area contributed by atoms with Gasteiger partial charge in [-0.3, -0.25) is 0 Å². The number of aryl methyl sites for hydroxylation is 2. The zero-order valence-corrected chi connectivity index (χ0v) is 16.9. The third-order valence-electron chi connectivity index (χ3n) is 4.40. The monoisotopic (exact) mass is 402 g/mol. The standard InChI is InChI=1S/C17H22N2O3S2.ClH/c1-12-10-17(23-13(12)2)24(20,21)19-9-8-18-11-15(19)14-6-4-5-7-16(14)22-3;/h4-7,10,15,18H,8-9,11H2,1-3H3;1H. The predicted molar refractivity (Wildman–Crippen MR) is 104 cm³/mol. The zero-order chi connectivity index (χ0) is 17.3. The molecule has 1 aromatic carbocycles. The van der Waals surface area contributed by atoms with Crippen LogP contribution in [0.5, 0.6) is 5.75 Å². The van der Waals surface area contributed by atoms with E-state index in [4.69, 9.17) is 4.74 Å². The molecule has 1 unspecified atom stereocenters. The first-order valence-corrected chi connectivity index (χ1v) is 10.1. The molecular weight excluding hydrogens is 380 g/mol. The summed E-state index contributed by atoms with van der Waals surface area (Å²) in [5.41, 5.74) is 1.91. The van der Waals surface area contributed by atoms with Gasteiger partial charge in [0.25, 0.3) is 10.0 Å². The van der Waals surface area contributed by atoms with Crippen LogP contribution >= 0.6 is 23.7 Å². The molecule has 0 radical (unpaired) electrons. The van der Waals surface area contributed by atoms with E-state index in [0.717, 1.165) is 16.0 Å². The smallest absolute Gasteiger partial charge is 0.253 e. The molecule has 1 saturated heterocycles. The second-order valence-corrected chi connectivity index (χ2v) is 9.26. The van der Waals surface area contributed by atoms with Crippen molar-refractivity contribution in [3.8, 4) is 5.75 Å². The second kappa shape index (κ2) is 8.05. The van der Waals surface area contributed by atoms with Gasteiger partial charge in [0.1, 0.15) is 9.96 Å².